The van der Waals surface area contributed by atoms with Gasteiger partial charge in [0.1, 0.15) is 16.5 Å². The Morgan fingerprint density at radius 2 is 1.88 bits per heavy atom. The average Bonchev–Trinajstić information content (AvgIpc) is 2.53. The molecule has 0 heterocycles. The van der Waals surface area contributed by atoms with Crippen LogP contribution in [0.5, 0.6) is 5.75 Å². The molecule has 0 bridgehead atoms. The summed E-state index contributed by atoms with van der Waals surface area (Å²) in [7, 11) is -4.27. The van der Waals surface area contributed by atoms with E-state index < -0.39 is 26.6 Å². The Morgan fingerprint density at radius 1 is 1.21 bits per heavy atom. The normalized spacial score (nSPS) is 11.1. The van der Waals surface area contributed by atoms with Crippen molar-refractivity contribution in [3.63, 3.8) is 0 Å². The number of rotatable bonds is 6. The van der Waals surface area contributed by atoms with Crippen LogP contribution in [-0.2, 0) is 10.0 Å². The zero-order chi connectivity index (χ0) is 17.7. The van der Waals surface area contributed by atoms with E-state index in [2.05, 4.69) is 0 Å². The summed E-state index contributed by atoms with van der Waals surface area (Å²) in [5.41, 5.74) is 2.22. The summed E-state index contributed by atoms with van der Waals surface area (Å²) < 4.78 is 42.9. The third kappa shape index (κ3) is 4.44. The lowest BCUT2D eigenvalue weighted by molar-refractivity contribution is 0.0945. The Kier molecular flexibility index (Phi) is 5.76. The van der Waals surface area contributed by atoms with Crippen LogP contribution in [-0.4, -0.2) is 20.9 Å². The number of benzene rings is 2. The first kappa shape index (κ1) is 18.2. The molecule has 2 aromatic carbocycles. The molecule has 0 saturated carbocycles. The highest BCUT2D eigenvalue weighted by molar-refractivity contribution is 7.89. The topological polar surface area (TPSA) is 84.5 Å². The molecule has 2 aromatic rings. The number of nitrogens with one attached hydrogen (secondary N) is 2. The van der Waals surface area contributed by atoms with Crippen LogP contribution in [0.1, 0.15) is 17.3 Å². The van der Waals surface area contributed by atoms with Gasteiger partial charge in [-0.1, -0.05) is 11.6 Å². The van der Waals surface area contributed by atoms with E-state index in [9.17, 15) is 17.6 Å². The van der Waals surface area contributed by atoms with Crippen LogP contribution in [0.25, 0.3) is 0 Å². The number of hydrogen-bond donors (Lipinski definition) is 2. The SMILES string of the molecule is CCOc1ccc(C(=O)NNS(=O)(=O)c2ccc(Cl)cc2F)cc1. The fraction of sp³-hybridized carbons (Fsp3) is 0.133. The van der Waals surface area contributed by atoms with E-state index in [1.165, 1.54) is 18.2 Å². The second kappa shape index (κ2) is 7.61. The molecule has 0 aliphatic rings. The number of carbonyl (C=O) groups is 1. The van der Waals surface area contributed by atoms with Crippen molar-refractivity contribution in [3.05, 3.63) is 58.9 Å². The van der Waals surface area contributed by atoms with Gasteiger partial charge in [-0.25, -0.2) is 12.8 Å². The van der Waals surface area contributed by atoms with Crippen molar-refractivity contribution >= 4 is 27.5 Å². The number of halogens is 2. The van der Waals surface area contributed by atoms with E-state index in [0.29, 0.717) is 12.4 Å². The summed E-state index contributed by atoms with van der Waals surface area (Å²) in [5, 5.41) is 0.0601. The number of carbonyl (C=O) groups excluding carboxylic acids is 1. The highest BCUT2D eigenvalue weighted by Crippen LogP contribution is 2.18. The lowest BCUT2D eigenvalue weighted by Crippen LogP contribution is -2.41. The Hall–Kier alpha value is -2.16. The van der Waals surface area contributed by atoms with Crippen LogP contribution in [0.4, 0.5) is 4.39 Å². The van der Waals surface area contributed by atoms with Crippen molar-refractivity contribution in [1.29, 1.82) is 0 Å². The second-order valence-corrected chi connectivity index (χ2v) is 6.68. The second-order valence-electron chi connectivity index (χ2n) is 4.59. The molecular weight excluding hydrogens is 359 g/mol. The van der Waals surface area contributed by atoms with Crippen molar-refractivity contribution in [3.8, 4) is 5.75 Å². The molecule has 0 spiro atoms. The molecule has 0 radical (unpaired) electrons. The first-order chi connectivity index (χ1) is 11.3. The predicted octanol–water partition coefficient (Wildman–Crippen LogP) is 2.50. The molecule has 0 aliphatic carbocycles. The molecule has 0 fully saturated rings. The predicted molar refractivity (Wildman–Crippen MR) is 86.8 cm³/mol. The molecule has 0 aliphatic heterocycles. The third-order valence-electron chi connectivity index (χ3n) is 2.91. The molecule has 24 heavy (non-hydrogen) atoms. The van der Waals surface area contributed by atoms with Crippen LogP contribution < -0.4 is 15.0 Å². The standard InChI is InChI=1S/C15H14ClFN2O4S/c1-2-23-12-6-3-10(4-7-12)15(20)18-19-24(21,22)14-8-5-11(16)9-13(14)17/h3-9,19H,2H2,1H3,(H,18,20). The summed E-state index contributed by atoms with van der Waals surface area (Å²) >= 11 is 5.57. The van der Waals surface area contributed by atoms with Crippen LogP contribution >= 0.6 is 11.6 Å². The average molecular weight is 373 g/mol. The van der Waals surface area contributed by atoms with Gasteiger partial charge in [0.15, 0.2) is 0 Å². The molecule has 2 N–H and O–H groups in total. The molecule has 0 saturated heterocycles. The molecule has 128 valence electrons. The monoisotopic (exact) mass is 372 g/mol. The maximum absolute atomic E-state index is 13.7. The quantitative estimate of drug-likeness (QED) is 0.763. The first-order valence-corrected chi connectivity index (χ1v) is 8.69. The van der Waals surface area contributed by atoms with Gasteiger partial charge >= 0.3 is 0 Å². The molecule has 1 amide bonds. The van der Waals surface area contributed by atoms with Gasteiger partial charge in [0.2, 0.25) is 0 Å². The van der Waals surface area contributed by atoms with E-state index >= 15 is 0 Å². The Bertz CT molecular complexity index is 841. The van der Waals surface area contributed by atoms with E-state index in [1.807, 2.05) is 17.2 Å². The van der Waals surface area contributed by atoms with Crippen molar-refractivity contribution in [1.82, 2.24) is 10.3 Å². The van der Waals surface area contributed by atoms with Gasteiger partial charge in [0, 0.05) is 10.6 Å². The van der Waals surface area contributed by atoms with Crippen LogP contribution in [0, 0.1) is 5.82 Å². The summed E-state index contributed by atoms with van der Waals surface area (Å²) in [4.78, 5) is 13.1. The van der Waals surface area contributed by atoms with E-state index in [-0.39, 0.29) is 10.6 Å². The Morgan fingerprint density at radius 3 is 2.46 bits per heavy atom. The van der Waals surface area contributed by atoms with Crippen molar-refractivity contribution in [2.75, 3.05) is 6.61 Å². The van der Waals surface area contributed by atoms with Crippen molar-refractivity contribution in [2.45, 2.75) is 11.8 Å². The third-order valence-corrected chi connectivity index (χ3v) is 4.43. The first-order valence-electron chi connectivity index (χ1n) is 6.83. The summed E-state index contributed by atoms with van der Waals surface area (Å²) in [6.45, 7) is 2.31. The number of hydrogen-bond acceptors (Lipinski definition) is 4. The van der Waals surface area contributed by atoms with Gasteiger partial charge in [0.25, 0.3) is 15.9 Å². The minimum absolute atomic E-state index is 0.0601. The number of hydrazine groups is 1. The largest absolute Gasteiger partial charge is 0.494 e. The van der Waals surface area contributed by atoms with Crippen molar-refractivity contribution < 1.29 is 22.3 Å². The lowest BCUT2D eigenvalue weighted by atomic mass is 10.2. The summed E-state index contributed by atoms with van der Waals surface area (Å²) in [6, 6.07) is 9.19. The fourth-order valence-electron chi connectivity index (χ4n) is 1.80. The Labute approximate surface area is 143 Å². The van der Waals surface area contributed by atoms with E-state index in [1.54, 1.807) is 12.1 Å². The maximum atomic E-state index is 13.7. The molecule has 9 heteroatoms. The van der Waals surface area contributed by atoms with Crippen LogP contribution in [0.15, 0.2) is 47.4 Å². The van der Waals surface area contributed by atoms with Gasteiger partial charge in [0.05, 0.1) is 6.61 Å². The fourth-order valence-corrected chi connectivity index (χ4v) is 2.86. The molecule has 0 aromatic heterocycles. The smallest absolute Gasteiger partial charge is 0.266 e. The van der Waals surface area contributed by atoms with Gasteiger partial charge < -0.3 is 4.74 Å². The van der Waals surface area contributed by atoms with Crippen molar-refractivity contribution in [2.24, 2.45) is 0 Å². The highest BCUT2D eigenvalue weighted by atomic mass is 35.5. The van der Waals surface area contributed by atoms with Crippen LogP contribution in [0.3, 0.4) is 0 Å². The maximum Gasteiger partial charge on any atom is 0.266 e. The van der Waals surface area contributed by atoms with E-state index in [4.69, 9.17) is 16.3 Å². The molecular formula is C15H14ClFN2O4S. The van der Waals surface area contributed by atoms with Gasteiger partial charge in [-0.05, 0) is 49.4 Å². The zero-order valence-electron chi connectivity index (χ0n) is 12.5. The zero-order valence-corrected chi connectivity index (χ0v) is 14.1. The molecule has 6 nitrogen and oxygen atoms in total. The molecule has 0 unspecified atom stereocenters. The number of ether oxygens (including phenoxy) is 1. The van der Waals surface area contributed by atoms with Gasteiger partial charge in [-0.2, -0.15) is 0 Å². The minimum atomic E-state index is -4.27. The number of sulfonamides is 1. The molecule has 0 atom stereocenters. The summed E-state index contributed by atoms with van der Waals surface area (Å²) in [6.07, 6.45) is 0. The summed E-state index contributed by atoms with van der Waals surface area (Å²) in [5.74, 6) is -1.14. The van der Waals surface area contributed by atoms with Crippen LogP contribution in [0.2, 0.25) is 5.02 Å². The Balaban J connectivity index is 2.07. The van der Waals surface area contributed by atoms with Gasteiger partial charge in [-0.3, -0.25) is 10.2 Å². The van der Waals surface area contributed by atoms with Gasteiger partial charge in [-0.15, -0.1) is 4.83 Å². The minimum Gasteiger partial charge on any atom is -0.494 e. The lowest BCUT2D eigenvalue weighted by Gasteiger charge is -2.10. The van der Waals surface area contributed by atoms with E-state index in [0.717, 1.165) is 12.1 Å². The molecule has 2 rings (SSSR count). The highest BCUT2D eigenvalue weighted by Gasteiger charge is 2.20. The number of amides is 1.